The summed E-state index contributed by atoms with van der Waals surface area (Å²) in [5.41, 5.74) is 0.662. The average molecular weight is 434 g/mol. The number of thiocarbonyl (C=S) groups is 1. The summed E-state index contributed by atoms with van der Waals surface area (Å²) >= 11 is 5.91. The highest BCUT2D eigenvalue weighted by Crippen LogP contribution is 2.45. The van der Waals surface area contributed by atoms with Crippen LogP contribution >= 0.6 is 24.0 Å². The summed E-state index contributed by atoms with van der Waals surface area (Å²) in [5, 5.41) is 18.3. The predicted octanol–water partition coefficient (Wildman–Crippen LogP) is 1.47. The zero-order chi connectivity index (χ0) is 21.5. The number of carbonyl (C=O) groups excluding carboxylic acids is 3. The number of nitrogens with zero attached hydrogens (tertiary/aromatic N) is 2. The van der Waals surface area contributed by atoms with E-state index in [1.165, 1.54) is 6.92 Å². The molecule has 3 rings (SSSR count). The minimum absolute atomic E-state index is 0.0296. The molecule has 0 spiro atoms. The third-order valence-corrected chi connectivity index (χ3v) is 5.80. The van der Waals surface area contributed by atoms with Crippen molar-refractivity contribution in [1.82, 2.24) is 4.90 Å². The molecule has 0 aromatic heterocycles. The highest BCUT2D eigenvalue weighted by atomic mass is 32.2. The summed E-state index contributed by atoms with van der Waals surface area (Å²) in [6, 6.07) is 4.95. The van der Waals surface area contributed by atoms with E-state index in [1.54, 1.807) is 24.3 Å². The second-order valence-electron chi connectivity index (χ2n) is 6.21. The van der Waals surface area contributed by atoms with Crippen molar-refractivity contribution in [3.8, 4) is 0 Å². The Labute approximate surface area is 174 Å². The minimum atomic E-state index is -1.48. The molecule has 2 aliphatic heterocycles. The smallest absolute Gasteiger partial charge is 0.326 e. The summed E-state index contributed by atoms with van der Waals surface area (Å²) in [6.45, 7) is 1.22. The first-order valence-electron chi connectivity index (χ1n) is 8.33. The van der Waals surface area contributed by atoms with Gasteiger partial charge in [-0.25, -0.2) is 9.69 Å². The number of para-hydroxylation sites is 1. The van der Waals surface area contributed by atoms with Gasteiger partial charge in [-0.15, -0.1) is 0 Å². The van der Waals surface area contributed by atoms with E-state index in [9.17, 15) is 29.1 Å². The van der Waals surface area contributed by atoms with Crippen LogP contribution in [0.2, 0.25) is 0 Å². The van der Waals surface area contributed by atoms with Crippen molar-refractivity contribution in [3.63, 3.8) is 0 Å². The Morgan fingerprint density at radius 2 is 1.79 bits per heavy atom. The van der Waals surface area contributed by atoms with Gasteiger partial charge in [-0.1, -0.05) is 42.2 Å². The maximum absolute atomic E-state index is 13.0. The Bertz CT molecular complexity index is 1020. The number of hydrogen-bond donors (Lipinski definition) is 2. The van der Waals surface area contributed by atoms with E-state index in [1.807, 2.05) is 0 Å². The number of fused-ring (bicyclic) bond motifs is 1. The molecule has 2 N–H and O–H groups in total. The van der Waals surface area contributed by atoms with Gasteiger partial charge in [0.2, 0.25) is 5.91 Å². The van der Waals surface area contributed by atoms with Gasteiger partial charge in [0.05, 0.1) is 16.2 Å². The first kappa shape index (κ1) is 20.7. The number of carboxylic acid groups (broad SMARTS) is 2. The van der Waals surface area contributed by atoms with E-state index in [0.717, 1.165) is 21.6 Å². The van der Waals surface area contributed by atoms with Crippen LogP contribution in [0.15, 0.2) is 29.2 Å². The Morgan fingerprint density at radius 3 is 2.38 bits per heavy atom. The van der Waals surface area contributed by atoms with Gasteiger partial charge in [0.1, 0.15) is 10.4 Å². The standard InChI is InChI=1S/C18H14N2O7S2/c1-8(21)19-10-5-3-2-4-9(10)13(15(19)24)14-16(25)20(18(28)29-14)11(17(26)27)6-7-12(22)23/h2-5,11H,6-7H2,1H3,(H,22,23)(H,26,27). The van der Waals surface area contributed by atoms with Crippen molar-refractivity contribution in [2.45, 2.75) is 25.8 Å². The molecule has 9 nitrogen and oxygen atoms in total. The molecule has 1 atom stereocenters. The highest BCUT2D eigenvalue weighted by molar-refractivity contribution is 8.26. The van der Waals surface area contributed by atoms with Gasteiger partial charge in [-0.3, -0.25) is 24.1 Å². The van der Waals surface area contributed by atoms with Crippen LogP contribution in [0, 0.1) is 0 Å². The van der Waals surface area contributed by atoms with E-state index in [2.05, 4.69) is 0 Å². The van der Waals surface area contributed by atoms with Crippen LogP contribution in [0.1, 0.15) is 25.3 Å². The normalized spacial score (nSPS) is 19.6. The molecule has 0 aliphatic carbocycles. The van der Waals surface area contributed by atoms with Crippen LogP contribution in [0.3, 0.4) is 0 Å². The third kappa shape index (κ3) is 3.54. The van der Waals surface area contributed by atoms with Crippen molar-refractivity contribution < 1.29 is 34.2 Å². The fraction of sp³-hybridized carbons (Fsp3) is 0.222. The van der Waals surface area contributed by atoms with Gasteiger partial charge < -0.3 is 10.2 Å². The molecule has 1 aromatic carbocycles. The predicted molar refractivity (Wildman–Crippen MR) is 107 cm³/mol. The Hall–Kier alpha value is -3.05. The van der Waals surface area contributed by atoms with Crippen molar-refractivity contribution in [3.05, 3.63) is 34.7 Å². The fourth-order valence-corrected chi connectivity index (χ4v) is 4.60. The topological polar surface area (TPSA) is 132 Å². The number of imide groups is 1. The molecule has 0 radical (unpaired) electrons. The quantitative estimate of drug-likeness (QED) is 0.522. The molecule has 150 valence electrons. The Kier molecular flexibility index (Phi) is 5.53. The van der Waals surface area contributed by atoms with Crippen LogP contribution in [0.4, 0.5) is 5.69 Å². The van der Waals surface area contributed by atoms with Crippen LogP contribution in [0.25, 0.3) is 5.57 Å². The third-order valence-electron chi connectivity index (χ3n) is 4.40. The number of amides is 3. The second kappa shape index (κ2) is 7.76. The first-order valence-corrected chi connectivity index (χ1v) is 9.56. The second-order valence-corrected chi connectivity index (χ2v) is 7.85. The number of benzene rings is 1. The molecule has 1 unspecified atom stereocenters. The Balaban J connectivity index is 2.07. The molecular weight excluding hydrogens is 420 g/mol. The van der Waals surface area contributed by atoms with Gasteiger partial charge in [-0.05, 0) is 12.5 Å². The molecule has 29 heavy (non-hydrogen) atoms. The zero-order valence-corrected chi connectivity index (χ0v) is 16.6. The van der Waals surface area contributed by atoms with E-state index in [0.29, 0.717) is 11.3 Å². The van der Waals surface area contributed by atoms with Crippen molar-refractivity contribution in [2.75, 3.05) is 4.90 Å². The summed E-state index contributed by atoms with van der Waals surface area (Å²) in [7, 11) is 0. The van der Waals surface area contributed by atoms with E-state index < -0.39 is 42.1 Å². The molecule has 0 bridgehead atoms. The van der Waals surface area contributed by atoms with Gasteiger partial charge in [0.15, 0.2) is 0 Å². The molecule has 11 heteroatoms. The lowest BCUT2D eigenvalue weighted by atomic mass is 10.1. The van der Waals surface area contributed by atoms with Gasteiger partial charge in [0.25, 0.3) is 11.8 Å². The minimum Gasteiger partial charge on any atom is -0.481 e. The van der Waals surface area contributed by atoms with E-state index >= 15 is 0 Å². The fourth-order valence-electron chi connectivity index (χ4n) is 3.17. The van der Waals surface area contributed by atoms with Gasteiger partial charge in [0, 0.05) is 18.9 Å². The number of rotatable bonds is 5. The maximum atomic E-state index is 13.0. The van der Waals surface area contributed by atoms with E-state index in [4.69, 9.17) is 17.3 Å². The molecule has 2 aliphatic rings. The van der Waals surface area contributed by atoms with Gasteiger partial charge >= 0.3 is 11.9 Å². The lowest BCUT2D eigenvalue weighted by molar-refractivity contribution is -0.146. The maximum Gasteiger partial charge on any atom is 0.326 e. The number of thioether (sulfide) groups is 1. The molecule has 1 saturated heterocycles. The van der Waals surface area contributed by atoms with Crippen LogP contribution in [0.5, 0.6) is 0 Å². The number of aliphatic carboxylic acids is 2. The Morgan fingerprint density at radius 1 is 1.14 bits per heavy atom. The van der Waals surface area contributed by atoms with Crippen LogP contribution in [-0.4, -0.2) is 55.1 Å². The summed E-state index contributed by atoms with van der Waals surface area (Å²) in [6.07, 6.45) is -0.816. The SMILES string of the molecule is CC(=O)N1C(=O)C(=C2SC(=S)N(C(CCC(=O)O)C(=O)O)C2=O)c2ccccc21. The summed E-state index contributed by atoms with van der Waals surface area (Å²) < 4.78 is -0.0955. The lowest BCUT2D eigenvalue weighted by Crippen LogP contribution is -2.44. The molecule has 2 heterocycles. The molecule has 0 saturated carbocycles. The highest BCUT2D eigenvalue weighted by Gasteiger charge is 2.46. The van der Waals surface area contributed by atoms with Crippen LogP contribution in [-0.2, 0) is 24.0 Å². The largest absolute Gasteiger partial charge is 0.481 e. The summed E-state index contributed by atoms with van der Waals surface area (Å²) in [4.78, 5) is 62.0. The molecular formula is C18H14N2O7S2. The van der Waals surface area contributed by atoms with Gasteiger partial charge in [-0.2, -0.15) is 0 Å². The monoisotopic (exact) mass is 434 g/mol. The molecule has 1 fully saturated rings. The summed E-state index contributed by atoms with van der Waals surface area (Å²) in [5.74, 6) is -4.65. The number of carbonyl (C=O) groups is 5. The first-order chi connectivity index (χ1) is 13.6. The molecule has 3 amide bonds. The van der Waals surface area contributed by atoms with Crippen molar-refractivity contribution in [2.24, 2.45) is 0 Å². The lowest BCUT2D eigenvalue weighted by Gasteiger charge is -2.22. The zero-order valence-electron chi connectivity index (χ0n) is 14.9. The number of anilines is 1. The van der Waals surface area contributed by atoms with Crippen molar-refractivity contribution >= 4 is 69.2 Å². The number of carboxylic acids is 2. The average Bonchev–Trinajstić information content (AvgIpc) is 3.08. The molecule has 1 aromatic rings. The van der Waals surface area contributed by atoms with Crippen LogP contribution < -0.4 is 4.90 Å². The van der Waals surface area contributed by atoms with E-state index in [-0.39, 0.29) is 21.2 Å². The van der Waals surface area contributed by atoms with Crippen molar-refractivity contribution in [1.29, 1.82) is 0 Å². The number of hydrogen-bond acceptors (Lipinski definition) is 7.